The van der Waals surface area contributed by atoms with Crippen LogP contribution < -0.4 is 10.1 Å². The molecule has 26 heavy (non-hydrogen) atoms. The lowest BCUT2D eigenvalue weighted by molar-refractivity contribution is -0.116. The molecule has 0 saturated heterocycles. The number of amides is 1. The average molecular weight is 375 g/mol. The number of pyridine rings is 1. The molecule has 0 aliphatic heterocycles. The van der Waals surface area contributed by atoms with Crippen molar-refractivity contribution in [3.05, 3.63) is 59.9 Å². The molecule has 2 aromatic rings. The predicted molar refractivity (Wildman–Crippen MR) is 99.0 cm³/mol. The molecule has 0 saturated carbocycles. The SMILES string of the molecule is COc1ccc(/C=C/C(=O)NCc2ccccn2)cc1S(=O)(=O)N(C)C. The molecular formula is C18H21N3O4S. The van der Waals surface area contributed by atoms with Crippen LogP contribution in [0.1, 0.15) is 11.3 Å². The lowest BCUT2D eigenvalue weighted by atomic mass is 10.2. The number of hydrogen-bond acceptors (Lipinski definition) is 5. The molecule has 0 unspecified atom stereocenters. The Labute approximate surface area is 153 Å². The molecule has 2 rings (SSSR count). The van der Waals surface area contributed by atoms with Crippen molar-refractivity contribution in [2.75, 3.05) is 21.2 Å². The maximum Gasteiger partial charge on any atom is 0.246 e. The molecule has 1 aromatic carbocycles. The molecule has 0 spiro atoms. The Hall–Kier alpha value is -2.71. The van der Waals surface area contributed by atoms with Crippen LogP contribution >= 0.6 is 0 Å². The molecule has 0 aliphatic rings. The Morgan fingerprint density at radius 2 is 2.04 bits per heavy atom. The van der Waals surface area contributed by atoms with Crippen molar-refractivity contribution >= 4 is 22.0 Å². The average Bonchev–Trinajstić information content (AvgIpc) is 2.65. The second-order valence-corrected chi connectivity index (χ2v) is 7.69. The van der Waals surface area contributed by atoms with Crippen molar-refractivity contribution in [2.45, 2.75) is 11.4 Å². The smallest absolute Gasteiger partial charge is 0.246 e. The lowest BCUT2D eigenvalue weighted by Gasteiger charge is -2.15. The summed E-state index contributed by atoms with van der Waals surface area (Å²) in [7, 11) is 0.640. The van der Waals surface area contributed by atoms with Gasteiger partial charge in [0.15, 0.2) is 0 Å². The molecule has 1 heterocycles. The van der Waals surface area contributed by atoms with Gasteiger partial charge >= 0.3 is 0 Å². The summed E-state index contributed by atoms with van der Waals surface area (Å²) >= 11 is 0. The number of nitrogens with one attached hydrogen (secondary N) is 1. The van der Waals surface area contributed by atoms with Crippen molar-refractivity contribution in [1.82, 2.24) is 14.6 Å². The number of carbonyl (C=O) groups is 1. The largest absolute Gasteiger partial charge is 0.495 e. The Balaban J connectivity index is 2.14. The maximum absolute atomic E-state index is 12.4. The van der Waals surface area contributed by atoms with E-state index < -0.39 is 10.0 Å². The summed E-state index contributed by atoms with van der Waals surface area (Å²) in [5.74, 6) is -0.0565. The van der Waals surface area contributed by atoms with E-state index in [-0.39, 0.29) is 16.6 Å². The predicted octanol–water partition coefficient (Wildman–Crippen LogP) is 1.67. The number of ether oxygens (including phenoxy) is 1. The van der Waals surface area contributed by atoms with E-state index in [1.165, 1.54) is 33.3 Å². The van der Waals surface area contributed by atoms with E-state index in [9.17, 15) is 13.2 Å². The van der Waals surface area contributed by atoms with Gasteiger partial charge in [-0.15, -0.1) is 0 Å². The van der Waals surface area contributed by atoms with Gasteiger partial charge in [0.05, 0.1) is 19.3 Å². The number of hydrogen-bond donors (Lipinski definition) is 1. The van der Waals surface area contributed by atoms with E-state index in [1.54, 1.807) is 30.5 Å². The monoisotopic (exact) mass is 375 g/mol. The van der Waals surface area contributed by atoms with Gasteiger partial charge in [-0.1, -0.05) is 12.1 Å². The number of nitrogens with zero attached hydrogens (tertiary/aromatic N) is 2. The molecule has 7 nitrogen and oxygen atoms in total. The molecule has 0 radical (unpaired) electrons. The van der Waals surface area contributed by atoms with Gasteiger partial charge in [-0.3, -0.25) is 9.78 Å². The van der Waals surface area contributed by atoms with Crippen molar-refractivity contribution < 1.29 is 17.9 Å². The molecule has 1 aromatic heterocycles. The Morgan fingerprint density at radius 1 is 1.27 bits per heavy atom. The first kappa shape index (κ1) is 19.6. The maximum atomic E-state index is 12.4. The van der Waals surface area contributed by atoms with E-state index in [0.29, 0.717) is 12.1 Å². The van der Waals surface area contributed by atoms with Gasteiger partial charge in [0.2, 0.25) is 15.9 Å². The minimum atomic E-state index is -3.66. The summed E-state index contributed by atoms with van der Waals surface area (Å²) in [6.45, 7) is 0.312. The normalized spacial score (nSPS) is 11.7. The van der Waals surface area contributed by atoms with Gasteiger partial charge in [0.1, 0.15) is 10.6 Å². The van der Waals surface area contributed by atoms with E-state index >= 15 is 0 Å². The molecule has 0 fully saturated rings. The Morgan fingerprint density at radius 3 is 2.65 bits per heavy atom. The fourth-order valence-corrected chi connectivity index (χ4v) is 3.19. The molecule has 1 amide bonds. The number of rotatable bonds is 7. The van der Waals surface area contributed by atoms with Crippen molar-refractivity contribution in [2.24, 2.45) is 0 Å². The first-order chi connectivity index (χ1) is 12.3. The summed E-state index contributed by atoms with van der Waals surface area (Å²) in [5.41, 5.74) is 1.32. The van der Waals surface area contributed by atoms with Crippen LogP contribution in [0.2, 0.25) is 0 Å². The molecule has 0 bridgehead atoms. The van der Waals surface area contributed by atoms with Gasteiger partial charge in [0.25, 0.3) is 0 Å². The third-order valence-corrected chi connectivity index (χ3v) is 5.38. The molecule has 0 atom stereocenters. The van der Waals surface area contributed by atoms with Crippen LogP contribution in [0.15, 0.2) is 53.6 Å². The van der Waals surface area contributed by atoms with Crippen LogP contribution in [0, 0.1) is 0 Å². The summed E-state index contributed by atoms with van der Waals surface area (Å²) < 4.78 is 31.0. The number of carbonyl (C=O) groups excluding carboxylic acids is 1. The van der Waals surface area contributed by atoms with Gasteiger partial charge in [-0.2, -0.15) is 0 Å². The lowest BCUT2D eigenvalue weighted by Crippen LogP contribution is -2.23. The summed E-state index contributed by atoms with van der Waals surface area (Å²) in [4.78, 5) is 16.1. The Bertz CT molecular complexity index is 894. The first-order valence-electron chi connectivity index (χ1n) is 7.81. The van der Waals surface area contributed by atoms with Crippen LogP contribution in [0.25, 0.3) is 6.08 Å². The van der Waals surface area contributed by atoms with Gasteiger partial charge in [-0.05, 0) is 35.9 Å². The number of aromatic nitrogens is 1. The van der Waals surface area contributed by atoms with Crippen LogP contribution in [0.4, 0.5) is 0 Å². The standard InChI is InChI=1S/C18H21N3O4S/c1-21(2)26(23,24)17-12-14(7-9-16(17)25-3)8-10-18(22)20-13-15-6-4-5-11-19-15/h4-12H,13H2,1-3H3,(H,20,22)/b10-8+. The second kappa shape index (κ2) is 8.59. The molecule has 138 valence electrons. The van der Waals surface area contributed by atoms with E-state index in [0.717, 1.165) is 10.00 Å². The highest BCUT2D eigenvalue weighted by Gasteiger charge is 2.22. The Kier molecular flexibility index (Phi) is 6.48. The molecule has 0 aliphatic carbocycles. The van der Waals surface area contributed by atoms with Crippen LogP contribution in [0.3, 0.4) is 0 Å². The quantitative estimate of drug-likeness (QED) is 0.744. The van der Waals surface area contributed by atoms with E-state index in [4.69, 9.17) is 4.74 Å². The fraction of sp³-hybridized carbons (Fsp3) is 0.222. The van der Waals surface area contributed by atoms with Crippen LogP contribution in [0.5, 0.6) is 5.75 Å². The zero-order chi connectivity index (χ0) is 19.2. The van der Waals surface area contributed by atoms with Crippen LogP contribution in [-0.4, -0.2) is 44.8 Å². The first-order valence-corrected chi connectivity index (χ1v) is 9.25. The highest BCUT2D eigenvalue weighted by atomic mass is 32.2. The zero-order valence-electron chi connectivity index (χ0n) is 14.8. The topological polar surface area (TPSA) is 88.6 Å². The third kappa shape index (κ3) is 4.90. The van der Waals surface area contributed by atoms with Gasteiger partial charge in [0, 0.05) is 26.4 Å². The van der Waals surface area contributed by atoms with Gasteiger partial charge < -0.3 is 10.1 Å². The van der Waals surface area contributed by atoms with E-state index in [2.05, 4.69) is 10.3 Å². The molecular weight excluding hydrogens is 354 g/mol. The third-order valence-electron chi connectivity index (χ3n) is 3.54. The van der Waals surface area contributed by atoms with E-state index in [1.807, 2.05) is 12.1 Å². The summed E-state index contributed by atoms with van der Waals surface area (Å²) in [5, 5.41) is 2.72. The zero-order valence-corrected chi connectivity index (χ0v) is 15.7. The summed E-state index contributed by atoms with van der Waals surface area (Å²) in [6, 6.07) is 10.2. The minimum absolute atomic E-state index is 0.0426. The van der Waals surface area contributed by atoms with Crippen LogP contribution in [-0.2, 0) is 21.4 Å². The fourth-order valence-electron chi connectivity index (χ4n) is 2.11. The van der Waals surface area contributed by atoms with Gasteiger partial charge in [-0.25, -0.2) is 12.7 Å². The highest BCUT2D eigenvalue weighted by Crippen LogP contribution is 2.27. The minimum Gasteiger partial charge on any atom is -0.495 e. The number of methoxy groups -OCH3 is 1. The van der Waals surface area contributed by atoms with Crippen molar-refractivity contribution in [3.8, 4) is 5.75 Å². The number of benzene rings is 1. The second-order valence-electron chi connectivity index (χ2n) is 5.57. The number of sulfonamides is 1. The van der Waals surface area contributed by atoms with Crippen molar-refractivity contribution in [1.29, 1.82) is 0 Å². The highest BCUT2D eigenvalue weighted by molar-refractivity contribution is 7.89. The summed E-state index contributed by atoms with van der Waals surface area (Å²) in [6.07, 6.45) is 4.54. The molecule has 8 heteroatoms. The van der Waals surface area contributed by atoms with Crippen molar-refractivity contribution in [3.63, 3.8) is 0 Å². The molecule has 1 N–H and O–H groups in total.